The van der Waals surface area contributed by atoms with E-state index in [2.05, 4.69) is 41.2 Å². The largest absolute Gasteiger partial charge is 0.385 e. The van der Waals surface area contributed by atoms with Crippen LogP contribution in [0.15, 0.2) is 53.0 Å². The summed E-state index contributed by atoms with van der Waals surface area (Å²) in [5, 5.41) is 11.0. The molecule has 3 heteroatoms. The fourth-order valence-electron chi connectivity index (χ4n) is 1.45. The van der Waals surface area contributed by atoms with Crippen LogP contribution in [0.4, 0.5) is 0 Å². The third kappa shape index (κ3) is 4.64. The second-order valence-electron chi connectivity index (χ2n) is 3.62. The molecule has 0 heterocycles. The second kappa shape index (κ2) is 7.39. The molecule has 0 unspecified atom stereocenters. The van der Waals surface area contributed by atoms with Crippen molar-refractivity contribution in [1.29, 1.82) is 0 Å². The van der Waals surface area contributed by atoms with Gasteiger partial charge in [0.1, 0.15) is 0 Å². The third-order valence-electron chi connectivity index (χ3n) is 2.35. The molecule has 0 aliphatic rings. The van der Waals surface area contributed by atoms with Crippen molar-refractivity contribution >= 4 is 6.08 Å². The van der Waals surface area contributed by atoms with Gasteiger partial charge in [0.25, 0.3) is 0 Å². The number of hydrogen-bond donors (Lipinski definition) is 1. The van der Waals surface area contributed by atoms with Crippen LogP contribution >= 0.6 is 0 Å². The van der Waals surface area contributed by atoms with Gasteiger partial charge in [-0.2, -0.15) is 10.2 Å². The Balaban J connectivity index is 2.57. The van der Waals surface area contributed by atoms with Gasteiger partial charge >= 0.3 is 0 Å². The Morgan fingerprint density at radius 1 is 1.47 bits per heavy atom. The van der Waals surface area contributed by atoms with Crippen LogP contribution in [0.1, 0.15) is 24.5 Å². The molecule has 0 atom stereocenters. The van der Waals surface area contributed by atoms with E-state index >= 15 is 0 Å². The van der Waals surface area contributed by atoms with E-state index in [0.29, 0.717) is 0 Å². The lowest BCUT2D eigenvalue weighted by Crippen LogP contribution is -2.05. The van der Waals surface area contributed by atoms with Gasteiger partial charge in [-0.1, -0.05) is 43.8 Å². The van der Waals surface area contributed by atoms with Crippen LogP contribution in [0.3, 0.4) is 0 Å². The predicted octanol–water partition coefficient (Wildman–Crippen LogP) is 3.75. The van der Waals surface area contributed by atoms with Crippen molar-refractivity contribution in [2.45, 2.75) is 19.9 Å². The Bertz CT molecular complexity index is 419. The van der Waals surface area contributed by atoms with Crippen molar-refractivity contribution < 1.29 is 0 Å². The summed E-state index contributed by atoms with van der Waals surface area (Å²) in [5.41, 5.74) is 3.31. The van der Waals surface area contributed by atoms with Gasteiger partial charge in [0.15, 0.2) is 0 Å². The van der Waals surface area contributed by atoms with Crippen LogP contribution in [0.25, 0.3) is 6.08 Å². The van der Waals surface area contributed by atoms with E-state index in [-0.39, 0.29) is 0 Å². The first-order chi connectivity index (χ1) is 8.30. The van der Waals surface area contributed by atoms with Crippen LogP contribution in [0.2, 0.25) is 0 Å². The number of benzene rings is 1. The fraction of sp³-hybridized carbons (Fsp3) is 0.286. The number of hydrogen-bond acceptors (Lipinski definition) is 3. The molecule has 0 amide bonds. The highest BCUT2D eigenvalue weighted by molar-refractivity contribution is 5.47. The molecule has 90 valence electrons. The monoisotopic (exact) mass is 229 g/mol. The zero-order valence-corrected chi connectivity index (χ0v) is 10.5. The van der Waals surface area contributed by atoms with E-state index < -0.39 is 0 Å². The van der Waals surface area contributed by atoms with E-state index in [9.17, 15) is 0 Å². The average molecular weight is 229 g/mol. The van der Waals surface area contributed by atoms with Crippen molar-refractivity contribution in [3.05, 3.63) is 53.9 Å². The van der Waals surface area contributed by atoms with E-state index in [4.69, 9.17) is 0 Å². The first kappa shape index (κ1) is 13.2. The zero-order valence-electron chi connectivity index (χ0n) is 10.5. The Hall–Kier alpha value is -1.90. The highest BCUT2D eigenvalue weighted by atomic mass is 15.1. The molecule has 0 spiro atoms. The van der Waals surface area contributed by atoms with Gasteiger partial charge in [-0.3, -0.25) is 0 Å². The minimum absolute atomic E-state index is 0.782. The van der Waals surface area contributed by atoms with Gasteiger partial charge in [-0.15, -0.1) is 0 Å². The van der Waals surface area contributed by atoms with Crippen LogP contribution in [0.5, 0.6) is 0 Å². The summed E-state index contributed by atoms with van der Waals surface area (Å²) < 4.78 is 0. The minimum atomic E-state index is 0.782. The molecule has 1 N–H and O–H groups in total. The van der Waals surface area contributed by atoms with Crippen molar-refractivity contribution in [2.75, 3.05) is 7.05 Å². The lowest BCUT2D eigenvalue weighted by molar-refractivity contribution is 0.837. The SMILES string of the molecule is C=Cc1cccc(CN/C=C(CC)\N=N/C)c1. The second-order valence-corrected chi connectivity index (χ2v) is 3.62. The normalized spacial score (nSPS) is 11.8. The van der Waals surface area contributed by atoms with Crippen molar-refractivity contribution in [1.82, 2.24) is 5.32 Å². The molecule has 17 heavy (non-hydrogen) atoms. The Morgan fingerprint density at radius 2 is 2.29 bits per heavy atom. The molecular formula is C14H19N3. The predicted molar refractivity (Wildman–Crippen MR) is 72.5 cm³/mol. The summed E-state index contributed by atoms with van der Waals surface area (Å²) in [5.74, 6) is 0. The molecule has 0 fully saturated rings. The van der Waals surface area contributed by atoms with Gasteiger partial charge in [0.2, 0.25) is 0 Å². The van der Waals surface area contributed by atoms with Crippen LogP contribution in [0, 0.1) is 0 Å². The molecule has 1 aromatic rings. The van der Waals surface area contributed by atoms with Crippen molar-refractivity contribution in [3.63, 3.8) is 0 Å². The Morgan fingerprint density at radius 3 is 2.94 bits per heavy atom. The van der Waals surface area contributed by atoms with Crippen LogP contribution in [-0.2, 0) is 6.54 Å². The van der Waals surface area contributed by atoms with Crippen LogP contribution in [-0.4, -0.2) is 7.05 Å². The Labute approximate surface area is 103 Å². The van der Waals surface area contributed by atoms with Crippen LogP contribution < -0.4 is 5.32 Å². The maximum absolute atomic E-state index is 4.01. The van der Waals surface area contributed by atoms with Gasteiger partial charge in [-0.05, 0) is 17.5 Å². The van der Waals surface area contributed by atoms with E-state index in [1.54, 1.807) is 7.05 Å². The number of allylic oxidation sites excluding steroid dienone is 1. The number of rotatable bonds is 6. The summed E-state index contributed by atoms with van der Waals surface area (Å²) >= 11 is 0. The summed E-state index contributed by atoms with van der Waals surface area (Å²) in [6.45, 7) is 6.60. The lowest BCUT2D eigenvalue weighted by Gasteiger charge is -2.03. The maximum Gasteiger partial charge on any atom is 0.0779 e. The number of nitrogens with zero attached hydrogens (tertiary/aromatic N) is 2. The maximum atomic E-state index is 4.01. The summed E-state index contributed by atoms with van der Waals surface area (Å²) in [6, 6.07) is 8.26. The first-order valence-electron chi connectivity index (χ1n) is 5.73. The molecule has 0 radical (unpaired) electrons. The number of azo groups is 1. The highest BCUT2D eigenvalue weighted by Crippen LogP contribution is 2.07. The first-order valence-corrected chi connectivity index (χ1v) is 5.73. The molecule has 1 aromatic carbocycles. The molecule has 0 bridgehead atoms. The molecule has 0 saturated carbocycles. The molecular weight excluding hydrogens is 210 g/mol. The smallest absolute Gasteiger partial charge is 0.0779 e. The summed E-state index contributed by atoms with van der Waals surface area (Å²) in [6.07, 6.45) is 4.63. The Kier molecular flexibility index (Phi) is 5.72. The summed E-state index contributed by atoms with van der Waals surface area (Å²) in [4.78, 5) is 0. The number of nitrogens with one attached hydrogen (secondary N) is 1. The van der Waals surface area contributed by atoms with Gasteiger partial charge in [0, 0.05) is 19.8 Å². The molecule has 0 aliphatic heterocycles. The lowest BCUT2D eigenvalue weighted by atomic mass is 10.1. The van der Waals surface area contributed by atoms with E-state index in [1.807, 2.05) is 24.4 Å². The van der Waals surface area contributed by atoms with E-state index in [1.165, 1.54) is 5.56 Å². The topological polar surface area (TPSA) is 36.8 Å². The molecule has 0 aliphatic carbocycles. The highest BCUT2D eigenvalue weighted by Gasteiger charge is 1.93. The fourth-order valence-corrected chi connectivity index (χ4v) is 1.45. The van der Waals surface area contributed by atoms with Crippen molar-refractivity contribution in [2.24, 2.45) is 10.2 Å². The third-order valence-corrected chi connectivity index (χ3v) is 2.35. The molecule has 3 nitrogen and oxygen atoms in total. The van der Waals surface area contributed by atoms with Gasteiger partial charge in [-0.25, -0.2) is 0 Å². The minimum Gasteiger partial charge on any atom is -0.385 e. The summed E-state index contributed by atoms with van der Waals surface area (Å²) in [7, 11) is 1.68. The molecule has 1 rings (SSSR count). The molecule has 0 aromatic heterocycles. The van der Waals surface area contributed by atoms with Gasteiger partial charge < -0.3 is 5.32 Å². The average Bonchev–Trinajstić information content (AvgIpc) is 2.38. The van der Waals surface area contributed by atoms with Crippen molar-refractivity contribution in [3.8, 4) is 0 Å². The standard InChI is InChI=1S/C14H19N3/c1-4-12-7-6-8-13(9-12)10-16-11-14(5-2)17-15-3/h4,6-9,11,16H,1,5,10H2,2-3H3/b14-11-,17-15-. The van der Waals surface area contributed by atoms with Gasteiger partial charge in [0.05, 0.1) is 5.70 Å². The zero-order chi connectivity index (χ0) is 12.5. The quantitative estimate of drug-likeness (QED) is 0.741. The molecule has 0 saturated heterocycles. The van der Waals surface area contributed by atoms with E-state index in [0.717, 1.165) is 24.2 Å².